The molecule has 0 unspecified atom stereocenters. The van der Waals surface area contributed by atoms with Gasteiger partial charge in [-0.15, -0.1) is 0 Å². The van der Waals surface area contributed by atoms with Crippen LogP contribution in [-0.2, 0) is 4.43 Å². The van der Waals surface area contributed by atoms with E-state index in [9.17, 15) is 0 Å². The van der Waals surface area contributed by atoms with Gasteiger partial charge in [-0.2, -0.15) is 0 Å². The molecule has 0 spiro atoms. The van der Waals surface area contributed by atoms with E-state index in [1.807, 2.05) is 0 Å². The molecule has 1 aliphatic rings. The normalized spacial score (nSPS) is 22.0. The fourth-order valence-corrected chi connectivity index (χ4v) is 3.98. The topological polar surface area (TPSA) is 9.23 Å². The standard InChI is InChI=1S/C13H28OSi/c1-7-13(10-8-9-11-13)14-15(5,6)12(2,3)4/h7-11H2,1-6H3. The van der Waals surface area contributed by atoms with Crippen LogP contribution < -0.4 is 0 Å². The summed E-state index contributed by atoms with van der Waals surface area (Å²) in [5, 5.41) is 0.345. The maximum absolute atomic E-state index is 6.64. The third-order valence-electron chi connectivity index (χ3n) is 4.44. The molecule has 15 heavy (non-hydrogen) atoms. The zero-order valence-corrected chi connectivity index (χ0v) is 12.4. The van der Waals surface area contributed by atoms with Crippen LogP contribution in [0.5, 0.6) is 0 Å². The van der Waals surface area contributed by atoms with Crippen molar-refractivity contribution in [2.75, 3.05) is 0 Å². The van der Waals surface area contributed by atoms with Crippen LogP contribution in [0.1, 0.15) is 59.8 Å². The lowest BCUT2D eigenvalue weighted by molar-refractivity contribution is 0.0560. The van der Waals surface area contributed by atoms with Crippen LogP contribution in [0.4, 0.5) is 0 Å². The summed E-state index contributed by atoms with van der Waals surface area (Å²) >= 11 is 0. The Hall–Kier alpha value is 0.177. The van der Waals surface area contributed by atoms with Crippen molar-refractivity contribution in [1.29, 1.82) is 0 Å². The van der Waals surface area contributed by atoms with Crippen molar-refractivity contribution in [3.05, 3.63) is 0 Å². The van der Waals surface area contributed by atoms with Crippen molar-refractivity contribution in [3.63, 3.8) is 0 Å². The molecule has 0 heterocycles. The van der Waals surface area contributed by atoms with Crippen LogP contribution in [0.2, 0.25) is 18.1 Å². The van der Waals surface area contributed by atoms with Gasteiger partial charge in [0.25, 0.3) is 0 Å². The van der Waals surface area contributed by atoms with Crippen molar-refractivity contribution in [2.24, 2.45) is 0 Å². The average molecular weight is 228 g/mol. The van der Waals surface area contributed by atoms with E-state index < -0.39 is 8.32 Å². The molecule has 0 N–H and O–H groups in total. The molecule has 0 radical (unpaired) electrons. The quantitative estimate of drug-likeness (QED) is 0.635. The highest BCUT2D eigenvalue weighted by atomic mass is 28.4. The van der Waals surface area contributed by atoms with Gasteiger partial charge in [0, 0.05) is 0 Å². The fraction of sp³-hybridized carbons (Fsp3) is 1.00. The van der Waals surface area contributed by atoms with Gasteiger partial charge in [-0.3, -0.25) is 0 Å². The minimum absolute atomic E-state index is 0.239. The maximum Gasteiger partial charge on any atom is 0.192 e. The Bertz CT molecular complexity index is 209. The molecule has 0 aliphatic heterocycles. The van der Waals surface area contributed by atoms with Gasteiger partial charge in [-0.05, 0) is 37.4 Å². The summed E-state index contributed by atoms with van der Waals surface area (Å²) in [4.78, 5) is 0. The minimum Gasteiger partial charge on any atom is -0.411 e. The monoisotopic (exact) mass is 228 g/mol. The molecule has 1 fully saturated rings. The van der Waals surface area contributed by atoms with Crippen molar-refractivity contribution in [2.45, 2.75) is 83.5 Å². The first-order chi connectivity index (χ1) is 6.72. The number of hydrogen-bond donors (Lipinski definition) is 0. The van der Waals surface area contributed by atoms with Gasteiger partial charge >= 0.3 is 0 Å². The van der Waals surface area contributed by atoms with Crippen LogP contribution in [0.3, 0.4) is 0 Å². The van der Waals surface area contributed by atoms with Crippen molar-refractivity contribution < 1.29 is 4.43 Å². The minimum atomic E-state index is -1.56. The van der Waals surface area contributed by atoms with Crippen LogP contribution in [0.15, 0.2) is 0 Å². The van der Waals surface area contributed by atoms with Gasteiger partial charge in [0.15, 0.2) is 8.32 Å². The second kappa shape index (κ2) is 4.21. The molecule has 1 aliphatic carbocycles. The molecule has 0 atom stereocenters. The molecule has 1 nitrogen and oxygen atoms in total. The van der Waals surface area contributed by atoms with Gasteiger partial charge in [-0.25, -0.2) is 0 Å². The molecular formula is C13H28OSi. The Kier molecular flexibility index (Phi) is 3.72. The lowest BCUT2D eigenvalue weighted by atomic mass is 10.00. The predicted octanol–water partition coefficient (Wildman–Crippen LogP) is 4.73. The Morgan fingerprint density at radius 2 is 1.60 bits per heavy atom. The molecule has 0 saturated heterocycles. The lowest BCUT2D eigenvalue weighted by Gasteiger charge is -2.44. The Morgan fingerprint density at radius 3 is 1.93 bits per heavy atom. The zero-order chi connectivity index (χ0) is 11.7. The summed E-state index contributed by atoms with van der Waals surface area (Å²) in [6, 6.07) is 0. The molecular weight excluding hydrogens is 200 g/mol. The van der Waals surface area contributed by atoms with E-state index in [0.29, 0.717) is 5.04 Å². The highest BCUT2D eigenvalue weighted by Gasteiger charge is 2.44. The van der Waals surface area contributed by atoms with Crippen molar-refractivity contribution in [3.8, 4) is 0 Å². The van der Waals surface area contributed by atoms with Gasteiger partial charge in [0.1, 0.15) is 0 Å². The van der Waals surface area contributed by atoms with Gasteiger partial charge in [0.05, 0.1) is 5.60 Å². The second-order valence-electron chi connectivity index (χ2n) is 6.61. The highest BCUT2D eigenvalue weighted by Crippen LogP contribution is 2.44. The third-order valence-corrected chi connectivity index (χ3v) is 8.99. The van der Waals surface area contributed by atoms with Crippen molar-refractivity contribution in [1.82, 2.24) is 0 Å². The molecule has 0 aromatic carbocycles. The van der Waals surface area contributed by atoms with Gasteiger partial charge in [-0.1, -0.05) is 40.5 Å². The van der Waals surface area contributed by atoms with E-state index in [1.165, 1.54) is 32.1 Å². The summed E-state index contributed by atoms with van der Waals surface area (Å²) in [7, 11) is -1.56. The van der Waals surface area contributed by atoms with Crippen LogP contribution >= 0.6 is 0 Å². The second-order valence-corrected chi connectivity index (χ2v) is 11.3. The Labute approximate surface area is 96.7 Å². The fourth-order valence-electron chi connectivity index (χ4n) is 2.24. The zero-order valence-electron chi connectivity index (χ0n) is 11.4. The summed E-state index contributed by atoms with van der Waals surface area (Å²) in [6.07, 6.45) is 6.50. The van der Waals surface area contributed by atoms with E-state index in [-0.39, 0.29) is 5.60 Å². The van der Waals surface area contributed by atoms with E-state index in [4.69, 9.17) is 4.43 Å². The van der Waals surface area contributed by atoms with E-state index >= 15 is 0 Å². The average Bonchev–Trinajstić information content (AvgIpc) is 2.51. The molecule has 0 amide bonds. The number of rotatable bonds is 3. The molecule has 0 bridgehead atoms. The summed E-state index contributed by atoms with van der Waals surface area (Å²) in [6.45, 7) is 14.0. The lowest BCUT2D eigenvalue weighted by Crippen LogP contribution is -2.48. The van der Waals surface area contributed by atoms with Crippen LogP contribution in [0, 0.1) is 0 Å². The van der Waals surface area contributed by atoms with E-state index in [1.54, 1.807) is 0 Å². The van der Waals surface area contributed by atoms with E-state index in [2.05, 4.69) is 40.8 Å². The largest absolute Gasteiger partial charge is 0.411 e. The van der Waals surface area contributed by atoms with Gasteiger partial charge < -0.3 is 4.43 Å². The predicted molar refractivity (Wildman–Crippen MR) is 69.8 cm³/mol. The molecule has 90 valence electrons. The van der Waals surface area contributed by atoms with Crippen LogP contribution in [0.25, 0.3) is 0 Å². The highest BCUT2D eigenvalue weighted by molar-refractivity contribution is 6.74. The van der Waals surface area contributed by atoms with E-state index in [0.717, 1.165) is 0 Å². The van der Waals surface area contributed by atoms with Crippen LogP contribution in [-0.4, -0.2) is 13.9 Å². The smallest absolute Gasteiger partial charge is 0.192 e. The third kappa shape index (κ3) is 2.85. The SMILES string of the molecule is CCC1(O[Si](C)(C)C(C)(C)C)CCCC1. The first kappa shape index (κ1) is 13.2. The molecule has 2 heteroatoms. The van der Waals surface area contributed by atoms with Gasteiger partial charge in [0.2, 0.25) is 0 Å². The summed E-state index contributed by atoms with van der Waals surface area (Å²) < 4.78 is 6.64. The molecule has 0 aromatic rings. The Balaban J connectivity index is 2.74. The van der Waals surface area contributed by atoms with Crippen molar-refractivity contribution >= 4 is 8.32 Å². The maximum atomic E-state index is 6.64. The Morgan fingerprint density at radius 1 is 1.13 bits per heavy atom. The summed E-state index contributed by atoms with van der Waals surface area (Å²) in [5.41, 5.74) is 0.239. The first-order valence-electron chi connectivity index (χ1n) is 6.43. The molecule has 1 saturated carbocycles. The first-order valence-corrected chi connectivity index (χ1v) is 9.33. The molecule has 1 rings (SSSR count). The number of hydrogen-bond acceptors (Lipinski definition) is 1. The molecule has 0 aromatic heterocycles. The summed E-state index contributed by atoms with van der Waals surface area (Å²) in [5.74, 6) is 0.